The fraction of sp³-hybridized carbons (Fsp3) is 0.652. The first-order chi connectivity index (χ1) is 14.4. The minimum Gasteiger partial charge on any atom is -0.342 e. The molecular formula is C23H32N2O4S. The van der Waals surface area contributed by atoms with E-state index >= 15 is 0 Å². The summed E-state index contributed by atoms with van der Waals surface area (Å²) in [7, 11) is -3.60. The van der Waals surface area contributed by atoms with Crippen LogP contribution in [0.1, 0.15) is 62.2 Å². The highest BCUT2D eigenvalue weighted by Gasteiger charge is 2.37. The number of hydrogen-bond donors (Lipinski definition) is 0. The second-order valence-electron chi connectivity index (χ2n) is 9.14. The molecule has 164 valence electrons. The molecule has 0 bridgehead atoms. The van der Waals surface area contributed by atoms with Crippen LogP contribution in [0.5, 0.6) is 0 Å². The van der Waals surface area contributed by atoms with Gasteiger partial charge in [-0.1, -0.05) is 31.4 Å². The Bertz CT molecular complexity index is 888. The minimum atomic E-state index is -3.60. The largest absolute Gasteiger partial charge is 0.342 e. The van der Waals surface area contributed by atoms with Crippen LogP contribution in [0.3, 0.4) is 0 Å². The Morgan fingerprint density at radius 1 is 0.867 bits per heavy atom. The van der Waals surface area contributed by atoms with Crippen molar-refractivity contribution < 1.29 is 18.0 Å². The van der Waals surface area contributed by atoms with Crippen molar-refractivity contribution in [3.8, 4) is 0 Å². The van der Waals surface area contributed by atoms with Gasteiger partial charge in [-0.2, -0.15) is 4.31 Å². The molecule has 7 heteroatoms. The number of sulfonamides is 1. The molecule has 1 aromatic carbocycles. The fourth-order valence-electron chi connectivity index (χ4n) is 5.41. The summed E-state index contributed by atoms with van der Waals surface area (Å²) in [5, 5.41) is 0. The highest BCUT2D eigenvalue weighted by Crippen LogP contribution is 2.37. The van der Waals surface area contributed by atoms with Crippen LogP contribution in [0, 0.1) is 17.8 Å². The SMILES string of the molecule is CC(=O)c1ccc(S(=O)(=O)N2CCC(C(=O)N3CC[C@@H]4CCCC[C@H]4C3)CC2)cc1. The molecule has 0 N–H and O–H groups in total. The van der Waals surface area contributed by atoms with Crippen molar-refractivity contribution in [2.75, 3.05) is 26.2 Å². The van der Waals surface area contributed by atoms with E-state index in [1.165, 1.54) is 49.0 Å². The van der Waals surface area contributed by atoms with E-state index in [2.05, 4.69) is 4.90 Å². The molecule has 3 aliphatic rings. The number of ketones is 1. The maximum atomic E-state index is 13.1. The monoisotopic (exact) mass is 432 g/mol. The normalized spacial score (nSPS) is 26.2. The van der Waals surface area contributed by atoms with E-state index in [0.29, 0.717) is 37.4 Å². The Morgan fingerprint density at radius 2 is 1.50 bits per heavy atom. The number of likely N-dealkylation sites (tertiary alicyclic amines) is 1. The third-order valence-corrected chi connectivity index (χ3v) is 9.22. The van der Waals surface area contributed by atoms with E-state index in [1.54, 1.807) is 12.1 Å². The molecule has 1 amide bonds. The molecule has 0 radical (unpaired) electrons. The van der Waals surface area contributed by atoms with Crippen LogP contribution >= 0.6 is 0 Å². The fourth-order valence-corrected chi connectivity index (χ4v) is 6.88. The van der Waals surface area contributed by atoms with Crippen LogP contribution in [0.2, 0.25) is 0 Å². The van der Waals surface area contributed by atoms with Gasteiger partial charge in [0.2, 0.25) is 15.9 Å². The number of Topliss-reactive ketones (excluding diaryl/α,β-unsaturated/α-hetero) is 1. The Balaban J connectivity index is 1.35. The zero-order valence-corrected chi connectivity index (χ0v) is 18.6. The van der Waals surface area contributed by atoms with Gasteiger partial charge < -0.3 is 4.90 Å². The number of rotatable bonds is 4. The number of benzene rings is 1. The van der Waals surface area contributed by atoms with Gasteiger partial charge in [0.25, 0.3) is 0 Å². The molecule has 0 unspecified atom stereocenters. The van der Waals surface area contributed by atoms with Crippen molar-refractivity contribution in [1.29, 1.82) is 0 Å². The first-order valence-electron chi connectivity index (χ1n) is 11.3. The average molecular weight is 433 g/mol. The summed E-state index contributed by atoms with van der Waals surface area (Å²) in [6.45, 7) is 3.95. The molecule has 1 aliphatic carbocycles. The molecule has 2 heterocycles. The maximum Gasteiger partial charge on any atom is 0.243 e. The van der Waals surface area contributed by atoms with Crippen LogP contribution in [0.4, 0.5) is 0 Å². The van der Waals surface area contributed by atoms with Crippen molar-refractivity contribution in [1.82, 2.24) is 9.21 Å². The van der Waals surface area contributed by atoms with Gasteiger partial charge in [0, 0.05) is 37.7 Å². The number of carbonyl (C=O) groups is 2. The second kappa shape index (κ2) is 8.79. The van der Waals surface area contributed by atoms with Crippen LogP contribution in [-0.2, 0) is 14.8 Å². The van der Waals surface area contributed by atoms with Gasteiger partial charge in [-0.3, -0.25) is 9.59 Å². The lowest BCUT2D eigenvalue weighted by Crippen LogP contribution is -2.49. The summed E-state index contributed by atoms with van der Waals surface area (Å²) < 4.78 is 27.4. The highest BCUT2D eigenvalue weighted by atomic mass is 32.2. The standard InChI is InChI=1S/C23H32N2O4S/c1-17(26)18-6-8-22(9-7-18)30(28,29)25-14-11-20(12-15-25)23(27)24-13-10-19-4-2-3-5-21(19)16-24/h6-9,19-21H,2-5,10-16H2,1H3/t19-,21-/m0/s1. The average Bonchev–Trinajstić information content (AvgIpc) is 2.78. The third kappa shape index (κ3) is 4.33. The summed E-state index contributed by atoms with van der Waals surface area (Å²) in [5.74, 6) is 1.52. The number of amides is 1. The molecule has 4 rings (SSSR count). The zero-order valence-electron chi connectivity index (χ0n) is 17.8. The Morgan fingerprint density at radius 3 is 2.13 bits per heavy atom. The van der Waals surface area contributed by atoms with E-state index in [0.717, 1.165) is 25.4 Å². The van der Waals surface area contributed by atoms with Crippen LogP contribution in [-0.4, -0.2) is 55.5 Å². The first-order valence-corrected chi connectivity index (χ1v) is 12.7. The zero-order chi connectivity index (χ0) is 21.3. The Labute approximate surface area is 179 Å². The third-order valence-electron chi connectivity index (χ3n) is 7.30. The quantitative estimate of drug-likeness (QED) is 0.684. The number of carbonyl (C=O) groups excluding carboxylic acids is 2. The Hall–Kier alpha value is -1.73. The molecule has 2 aliphatic heterocycles. The summed E-state index contributed by atoms with van der Waals surface area (Å²) in [6.07, 6.45) is 7.46. The smallest absolute Gasteiger partial charge is 0.243 e. The lowest BCUT2D eigenvalue weighted by molar-refractivity contribution is -0.139. The Kier molecular flexibility index (Phi) is 6.30. The molecule has 1 saturated carbocycles. The molecule has 6 nitrogen and oxygen atoms in total. The number of fused-ring (bicyclic) bond motifs is 1. The van der Waals surface area contributed by atoms with Crippen molar-refractivity contribution >= 4 is 21.7 Å². The van der Waals surface area contributed by atoms with E-state index < -0.39 is 10.0 Å². The van der Waals surface area contributed by atoms with Gasteiger partial charge in [-0.05, 0) is 56.6 Å². The minimum absolute atomic E-state index is 0.0725. The van der Waals surface area contributed by atoms with Gasteiger partial charge in [0.15, 0.2) is 5.78 Å². The van der Waals surface area contributed by atoms with Crippen LogP contribution in [0.15, 0.2) is 29.2 Å². The number of hydrogen-bond acceptors (Lipinski definition) is 4. The van der Waals surface area contributed by atoms with E-state index in [4.69, 9.17) is 0 Å². The van der Waals surface area contributed by atoms with Crippen LogP contribution in [0.25, 0.3) is 0 Å². The molecule has 0 spiro atoms. The number of piperidine rings is 2. The van der Waals surface area contributed by atoms with Crippen molar-refractivity contribution in [2.45, 2.75) is 56.8 Å². The van der Waals surface area contributed by atoms with Gasteiger partial charge in [0.1, 0.15) is 0 Å². The van der Waals surface area contributed by atoms with Crippen molar-refractivity contribution in [2.24, 2.45) is 17.8 Å². The highest BCUT2D eigenvalue weighted by molar-refractivity contribution is 7.89. The van der Waals surface area contributed by atoms with Crippen molar-refractivity contribution in [3.63, 3.8) is 0 Å². The van der Waals surface area contributed by atoms with E-state index in [9.17, 15) is 18.0 Å². The molecule has 30 heavy (non-hydrogen) atoms. The lowest BCUT2D eigenvalue weighted by atomic mass is 9.75. The topological polar surface area (TPSA) is 74.8 Å². The second-order valence-corrected chi connectivity index (χ2v) is 11.1. The lowest BCUT2D eigenvalue weighted by Gasteiger charge is -2.43. The summed E-state index contributed by atoms with van der Waals surface area (Å²) >= 11 is 0. The van der Waals surface area contributed by atoms with Crippen molar-refractivity contribution in [3.05, 3.63) is 29.8 Å². The first kappa shape index (κ1) is 21.5. The van der Waals surface area contributed by atoms with Gasteiger partial charge >= 0.3 is 0 Å². The molecular weight excluding hydrogens is 400 g/mol. The number of nitrogens with zero attached hydrogens (tertiary/aromatic N) is 2. The van der Waals surface area contributed by atoms with Gasteiger partial charge in [-0.15, -0.1) is 0 Å². The predicted octanol–water partition coefficient (Wildman–Crippen LogP) is 3.33. The summed E-state index contributed by atoms with van der Waals surface area (Å²) in [5.41, 5.74) is 0.500. The molecule has 1 aromatic rings. The molecule has 3 fully saturated rings. The summed E-state index contributed by atoms with van der Waals surface area (Å²) in [6, 6.07) is 6.11. The predicted molar refractivity (Wildman–Crippen MR) is 115 cm³/mol. The molecule has 2 saturated heterocycles. The van der Waals surface area contributed by atoms with Gasteiger partial charge in [-0.25, -0.2) is 8.42 Å². The van der Waals surface area contributed by atoms with Gasteiger partial charge in [0.05, 0.1) is 4.90 Å². The maximum absolute atomic E-state index is 13.1. The molecule has 0 aromatic heterocycles. The van der Waals surface area contributed by atoms with E-state index in [1.807, 2.05) is 0 Å². The van der Waals surface area contributed by atoms with Crippen LogP contribution < -0.4 is 0 Å². The van der Waals surface area contributed by atoms with E-state index in [-0.39, 0.29) is 22.5 Å². The summed E-state index contributed by atoms with van der Waals surface area (Å²) in [4.78, 5) is 26.8. The molecule has 2 atom stereocenters.